The Morgan fingerprint density at radius 3 is 1.88 bits per heavy atom. The van der Waals surface area contributed by atoms with Crippen LogP contribution in [0.3, 0.4) is 0 Å². The van der Waals surface area contributed by atoms with Gasteiger partial charge in [-0.25, -0.2) is 26.0 Å². The highest BCUT2D eigenvalue weighted by molar-refractivity contribution is 7.91. The Morgan fingerprint density at radius 2 is 1.50 bits per heavy atom. The second kappa shape index (κ2) is 4.58. The Balaban J connectivity index is 3.56. The molecule has 0 spiro atoms. The highest BCUT2D eigenvalue weighted by Crippen LogP contribution is 2.24. The van der Waals surface area contributed by atoms with Gasteiger partial charge in [-0.15, -0.1) is 11.6 Å². The van der Waals surface area contributed by atoms with E-state index in [1.165, 1.54) is 0 Å². The smallest absolute Gasteiger partial charge is 0.185 e. The Labute approximate surface area is 93.8 Å². The number of alkyl halides is 1. The molecule has 1 aromatic carbocycles. The van der Waals surface area contributed by atoms with Crippen molar-refractivity contribution in [2.45, 2.75) is 4.90 Å². The minimum atomic E-state index is -4.48. The SMILES string of the molecule is O=S(=O)(CCCl)c1c(F)c(F)cc(F)c1F. The van der Waals surface area contributed by atoms with Gasteiger partial charge in [-0.2, -0.15) is 0 Å². The normalized spacial score (nSPS) is 11.8. The zero-order chi connectivity index (χ0) is 12.5. The van der Waals surface area contributed by atoms with Gasteiger partial charge in [0.15, 0.2) is 33.1 Å². The lowest BCUT2D eigenvalue weighted by Gasteiger charge is -2.06. The largest absolute Gasteiger partial charge is 0.223 e. The van der Waals surface area contributed by atoms with E-state index >= 15 is 0 Å². The van der Waals surface area contributed by atoms with E-state index in [4.69, 9.17) is 11.6 Å². The maximum absolute atomic E-state index is 13.1. The molecule has 0 amide bonds. The topological polar surface area (TPSA) is 34.1 Å². The summed E-state index contributed by atoms with van der Waals surface area (Å²) in [5.74, 6) is -8.68. The fourth-order valence-electron chi connectivity index (χ4n) is 1.03. The van der Waals surface area contributed by atoms with Gasteiger partial charge in [0.05, 0.1) is 5.75 Å². The van der Waals surface area contributed by atoms with Crippen LogP contribution in [0.4, 0.5) is 17.6 Å². The van der Waals surface area contributed by atoms with Crippen LogP contribution in [0.15, 0.2) is 11.0 Å². The summed E-state index contributed by atoms with van der Waals surface area (Å²) < 4.78 is 74.1. The summed E-state index contributed by atoms with van der Waals surface area (Å²) in [6.45, 7) is 0. The molecule has 0 fully saturated rings. The third kappa shape index (κ3) is 2.30. The van der Waals surface area contributed by atoms with E-state index in [9.17, 15) is 26.0 Å². The third-order valence-electron chi connectivity index (χ3n) is 1.73. The summed E-state index contributed by atoms with van der Waals surface area (Å²) in [4.78, 5) is -1.62. The van der Waals surface area contributed by atoms with Crippen LogP contribution >= 0.6 is 11.6 Å². The molecule has 16 heavy (non-hydrogen) atoms. The lowest BCUT2D eigenvalue weighted by Crippen LogP contribution is -2.14. The first-order valence-corrected chi connectivity index (χ1v) is 6.11. The van der Waals surface area contributed by atoms with Gasteiger partial charge in [-0.1, -0.05) is 0 Å². The lowest BCUT2D eigenvalue weighted by atomic mass is 10.3. The summed E-state index contributed by atoms with van der Waals surface area (Å²) in [6.07, 6.45) is 0. The third-order valence-corrected chi connectivity index (χ3v) is 3.86. The van der Waals surface area contributed by atoms with Gasteiger partial charge < -0.3 is 0 Å². The number of benzene rings is 1. The molecule has 0 bridgehead atoms. The molecule has 0 N–H and O–H groups in total. The van der Waals surface area contributed by atoms with Crippen molar-refractivity contribution in [1.82, 2.24) is 0 Å². The van der Waals surface area contributed by atoms with E-state index in [2.05, 4.69) is 0 Å². The summed E-state index contributed by atoms with van der Waals surface area (Å²) >= 11 is 5.11. The minimum absolute atomic E-state index is 0.0651. The maximum Gasteiger partial charge on any atom is 0.185 e. The molecule has 0 unspecified atom stereocenters. The first-order chi connectivity index (χ1) is 7.31. The molecule has 1 rings (SSSR count). The van der Waals surface area contributed by atoms with Gasteiger partial charge >= 0.3 is 0 Å². The van der Waals surface area contributed by atoms with Crippen molar-refractivity contribution in [3.05, 3.63) is 29.3 Å². The Bertz CT molecular complexity index is 489. The van der Waals surface area contributed by atoms with Gasteiger partial charge in [0.25, 0.3) is 0 Å². The van der Waals surface area contributed by atoms with Crippen LogP contribution in [0.5, 0.6) is 0 Å². The summed E-state index contributed by atoms with van der Waals surface area (Å²) in [6, 6.07) is -0.0651. The van der Waals surface area contributed by atoms with E-state index in [1.54, 1.807) is 0 Å². The highest BCUT2D eigenvalue weighted by atomic mass is 35.5. The van der Waals surface area contributed by atoms with Gasteiger partial charge in [-0.3, -0.25) is 0 Å². The van der Waals surface area contributed by atoms with Crippen molar-refractivity contribution in [3.8, 4) is 0 Å². The number of hydrogen-bond donors (Lipinski definition) is 0. The van der Waals surface area contributed by atoms with E-state index in [1.807, 2.05) is 0 Å². The first-order valence-electron chi connectivity index (χ1n) is 3.93. The fourth-order valence-corrected chi connectivity index (χ4v) is 2.79. The van der Waals surface area contributed by atoms with Crippen molar-refractivity contribution in [1.29, 1.82) is 0 Å². The highest BCUT2D eigenvalue weighted by Gasteiger charge is 2.29. The van der Waals surface area contributed by atoms with E-state index in [0.29, 0.717) is 0 Å². The minimum Gasteiger partial charge on any atom is -0.223 e. The van der Waals surface area contributed by atoms with Gasteiger partial charge in [0.2, 0.25) is 0 Å². The molecule has 0 saturated carbocycles. The molecule has 1 aromatic rings. The molecule has 0 aliphatic carbocycles. The summed E-state index contributed by atoms with van der Waals surface area (Å²) in [7, 11) is -4.48. The average molecular weight is 277 g/mol. The second-order valence-electron chi connectivity index (χ2n) is 2.81. The van der Waals surface area contributed by atoms with Gasteiger partial charge in [-0.05, 0) is 0 Å². The zero-order valence-corrected chi connectivity index (χ0v) is 9.18. The summed E-state index contributed by atoms with van der Waals surface area (Å²) in [5.41, 5.74) is 0. The van der Waals surface area contributed by atoms with Crippen molar-refractivity contribution >= 4 is 21.4 Å². The summed E-state index contributed by atoms with van der Waals surface area (Å²) in [5, 5.41) is 0. The molecular formula is C8H5ClF4O2S. The molecule has 2 nitrogen and oxygen atoms in total. The average Bonchev–Trinajstić information content (AvgIpc) is 2.14. The van der Waals surface area contributed by atoms with Crippen LogP contribution < -0.4 is 0 Å². The standard InChI is InChI=1S/C8H5ClF4O2S/c9-1-2-16(14,15)8-6(12)4(10)3-5(11)7(8)13/h3H,1-2H2. The van der Waals surface area contributed by atoms with E-state index in [0.717, 1.165) is 0 Å². The van der Waals surface area contributed by atoms with Crippen LogP contribution in [-0.2, 0) is 9.84 Å². The number of sulfone groups is 1. The first kappa shape index (κ1) is 13.2. The monoisotopic (exact) mass is 276 g/mol. The molecule has 0 aromatic heterocycles. The van der Waals surface area contributed by atoms with Gasteiger partial charge in [0, 0.05) is 11.9 Å². The van der Waals surface area contributed by atoms with E-state index in [-0.39, 0.29) is 6.07 Å². The molecule has 0 heterocycles. The predicted molar refractivity (Wildman–Crippen MR) is 49.0 cm³/mol. The molecule has 0 saturated heterocycles. The number of rotatable bonds is 3. The van der Waals surface area contributed by atoms with E-state index < -0.39 is 49.6 Å². The molecular weight excluding hydrogens is 272 g/mol. The predicted octanol–water partition coefficient (Wildman–Crippen LogP) is 2.26. The maximum atomic E-state index is 13.1. The van der Waals surface area contributed by atoms with Crippen molar-refractivity contribution < 1.29 is 26.0 Å². The van der Waals surface area contributed by atoms with Crippen molar-refractivity contribution in [2.75, 3.05) is 11.6 Å². The lowest BCUT2D eigenvalue weighted by molar-refractivity contribution is 0.419. The second-order valence-corrected chi connectivity index (χ2v) is 5.23. The van der Waals surface area contributed by atoms with Crippen LogP contribution in [0, 0.1) is 23.3 Å². The molecule has 0 atom stereocenters. The fraction of sp³-hybridized carbons (Fsp3) is 0.250. The molecule has 0 aliphatic rings. The molecule has 90 valence electrons. The van der Waals surface area contributed by atoms with Crippen molar-refractivity contribution in [3.63, 3.8) is 0 Å². The number of hydrogen-bond acceptors (Lipinski definition) is 2. The Hall–Kier alpha value is -0.820. The van der Waals surface area contributed by atoms with Crippen LogP contribution in [0.1, 0.15) is 0 Å². The van der Waals surface area contributed by atoms with Crippen LogP contribution in [0.2, 0.25) is 0 Å². The quantitative estimate of drug-likeness (QED) is 0.482. The van der Waals surface area contributed by atoms with Crippen LogP contribution in [0.25, 0.3) is 0 Å². The molecule has 8 heteroatoms. The Morgan fingerprint density at radius 1 is 1.06 bits per heavy atom. The van der Waals surface area contributed by atoms with Crippen LogP contribution in [-0.4, -0.2) is 20.1 Å². The number of halogens is 5. The molecule has 0 radical (unpaired) electrons. The van der Waals surface area contributed by atoms with Gasteiger partial charge in [0.1, 0.15) is 4.90 Å². The Kier molecular flexibility index (Phi) is 3.80. The van der Waals surface area contributed by atoms with Crippen molar-refractivity contribution in [2.24, 2.45) is 0 Å². The zero-order valence-electron chi connectivity index (χ0n) is 7.61. The molecule has 0 aliphatic heterocycles.